The van der Waals surface area contributed by atoms with Gasteiger partial charge >= 0.3 is 0 Å². The van der Waals surface area contributed by atoms with Crippen LogP contribution in [0.3, 0.4) is 0 Å². The van der Waals surface area contributed by atoms with Gasteiger partial charge in [0.05, 0.1) is 10.9 Å². The highest BCUT2D eigenvalue weighted by Crippen LogP contribution is 2.46. The van der Waals surface area contributed by atoms with Gasteiger partial charge in [-0.25, -0.2) is 4.57 Å². The van der Waals surface area contributed by atoms with E-state index in [1.807, 2.05) is 11.3 Å². The quantitative estimate of drug-likeness (QED) is 0.176. The van der Waals surface area contributed by atoms with Crippen molar-refractivity contribution in [1.82, 2.24) is 0 Å². The van der Waals surface area contributed by atoms with Gasteiger partial charge in [0.25, 0.3) is 0 Å². The predicted molar refractivity (Wildman–Crippen MR) is 153 cm³/mol. The van der Waals surface area contributed by atoms with E-state index in [1.165, 1.54) is 85.3 Å². The monoisotopic (exact) mass is 478 g/mol. The number of fused-ring (bicyclic) bond motifs is 5. The number of hydrogen-bond acceptors (Lipinski definition) is 1. The van der Waals surface area contributed by atoms with E-state index in [-0.39, 0.29) is 0 Å². The molecule has 1 fully saturated rings. The standard InChI is InChI=1S/C33H36NS/c1-20-17-21(2)22(3)28(18-20)32-27-8-7-25-24(26(27)13-16-34(32)6)9-10-30-29(25)19-31(35-30)23-11-14-33(4,5)15-12-23/h7-10,13,16-19,23H,11-12,14-15H2,1-6H3/q+1. The Morgan fingerprint density at radius 3 is 2.23 bits per heavy atom. The van der Waals surface area contributed by atoms with Crippen LogP contribution in [0.15, 0.2) is 54.7 Å². The summed E-state index contributed by atoms with van der Waals surface area (Å²) in [5.41, 5.74) is 7.21. The zero-order valence-corrected chi connectivity index (χ0v) is 22.8. The molecule has 0 atom stereocenters. The summed E-state index contributed by atoms with van der Waals surface area (Å²) in [5, 5.41) is 6.88. The summed E-state index contributed by atoms with van der Waals surface area (Å²) < 4.78 is 3.73. The molecule has 178 valence electrons. The van der Waals surface area contributed by atoms with Gasteiger partial charge < -0.3 is 0 Å². The SMILES string of the molecule is Cc1cc(C)c(C)c(-c2c3ccc4c5cc(C6CCC(C)(C)CC6)sc5ccc4c3cc[n+]2C)c1. The van der Waals surface area contributed by atoms with Crippen molar-refractivity contribution in [1.29, 1.82) is 0 Å². The molecule has 1 saturated carbocycles. The molecule has 6 rings (SSSR count). The molecular formula is C33H36NS+. The first kappa shape index (κ1) is 22.7. The van der Waals surface area contributed by atoms with E-state index >= 15 is 0 Å². The molecule has 3 aromatic carbocycles. The fourth-order valence-corrected chi connectivity index (χ4v) is 7.56. The normalized spacial score (nSPS) is 16.5. The van der Waals surface area contributed by atoms with Gasteiger partial charge in [0.15, 0.2) is 6.20 Å². The first-order valence-electron chi connectivity index (χ1n) is 13.1. The summed E-state index contributed by atoms with van der Waals surface area (Å²) >= 11 is 2.03. The zero-order chi connectivity index (χ0) is 24.5. The van der Waals surface area contributed by atoms with Gasteiger partial charge in [0.2, 0.25) is 5.69 Å². The topological polar surface area (TPSA) is 3.88 Å². The lowest BCUT2D eigenvalue weighted by Gasteiger charge is -2.33. The van der Waals surface area contributed by atoms with Gasteiger partial charge in [-0.05, 0) is 104 Å². The smallest absolute Gasteiger partial charge is 0.200 e. The van der Waals surface area contributed by atoms with Crippen LogP contribution < -0.4 is 4.57 Å². The molecule has 0 N–H and O–H groups in total. The van der Waals surface area contributed by atoms with E-state index in [2.05, 4.69) is 101 Å². The van der Waals surface area contributed by atoms with E-state index in [1.54, 1.807) is 4.88 Å². The molecule has 0 aliphatic heterocycles. The van der Waals surface area contributed by atoms with Gasteiger partial charge in [-0.2, -0.15) is 0 Å². The van der Waals surface area contributed by atoms with Crippen molar-refractivity contribution >= 4 is 43.0 Å². The molecule has 1 aliphatic carbocycles. The molecule has 0 saturated heterocycles. The number of aryl methyl sites for hydroxylation is 3. The maximum Gasteiger partial charge on any atom is 0.220 e. The third-order valence-electron chi connectivity index (χ3n) is 8.64. The second kappa shape index (κ2) is 8.17. The fraction of sp³-hybridized carbons (Fsp3) is 0.364. The summed E-state index contributed by atoms with van der Waals surface area (Å²) in [6.07, 6.45) is 7.58. The van der Waals surface area contributed by atoms with Gasteiger partial charge in [0, 0.05) is 26.4 Å². The number of aromatic nitrogens is 1. The van der Waals surface area contributed by atoms with Crippen LogP contribution in [0.5, 0.6) is 0 Å². The highest BCUT2D eigenvalue weighted by Gasteiger charge is 2.28. The third kappa shape index (κ3) is 3.78. The highest BCUT2D eigenvalue weighted by molar-refractivity contribution is 7.19. The lowest BCUT2D eigenvalue weighted by atomic mass is 9.73. The second-order valence-corrected chi connectivity index (χ2v) is 12.8. The number of benzene rings is 3. The molecule has 0 radical (unpaired) electrons. The van der Waals surface area contributed by atoms with Crippen LogP contribution in [0.4, 0.5) is 0 Å². The molecule has 0 bridgehead atoms. The van der Waals surface area contributed by atoms with E-state index < -0.39 is 0 Å². The van der Waals surface area contributed by atoms with Crippen LogP contribution in [0.2, 0.25) is 0 Å². The van der Waals surface area contributed by atoms with Crippen LogP contribution in [-0.2, 0) is 7.05 Å². The minimum absolute atomic E-state index is 0.515. The first-order chi connectivity index (χ1) is 16.7. The summed E-state index contributed by atoms with van der Waals surface area (Å²) in [5.74, 6) is 0.731. The van der Waals surface area contributed by atoms with Crippen molar-refractivity contribution in [3.8, 4) is 11.3 Å². The van der Waals surface area contributed by atoms with Crippen molar-refractivity contribution in [2.24, 2.45) is 12.5 Å². The number of rotatable bonds is 2. The summed E-state index contributed by atoms with van der Waals surface area (Å²) in [4.78, 5) is 1.59. The van der Waals surface area contributed by atoms with Crippen LogP contribution in [0, 0.1) is 26.2 Å². The molecule has 0 unspecified atom stereocenters. The molecule has 5 aromatic rings. The zero-order valence-electron chi connectivity index (χ0n) is 22.0. The number of thiophene rings is 1. The highest BCUT2D eigenvalue weighted by atomic mass is 32.1. The van der Waals surface area contributed by atoms with E-state index in [4.69, 9.17) is 0 Å². The Labute approximate surface area is 213 Å². The number of nitrogens with zero attached hydrogens (tertiary/aromatic N) is 1. The Kier molecular flexibility index (Phi) is 5.30. The molecule has 0 amide bonds. The lowest BCUT2D eigenvalue weighted by Crippen LogP contribution is -2.30. The number of hydrogen-bond donors (Lipinski definition) is 0. The lowest BCUT2D eigenvalue weighted by molar-refractivity contribution is -0.659. The average Bonchev–Trinajstić information content (AvgIpc) is 3.26. The van der Waals surface area contributed by atoms with Gasteiger partial charge in [0.1, 0.15) is 7.05 Å². The average molecular weight is 479 g/mol. The largest absolute Gasteiger partial charge is 0.220 e. The molecule has 0 spiro atoms. The number of pyridine rings is 1. The Hall–Kier alpha value is -2.71. The summed E-state index contributed by atoms with van der Waals surface area (Å²) in [7, 11) is 2.18. The molecule has 1 aliphatic rings. The van der Waals surface area contributed by atoms with Crippen molar-refractivity contribution in [2.45, 2.75) is 66.2 Å². The van der Waals surface area contributed by atoms with Crippen molar-refractivity contribution < 1.29 is 4.57 Å². The van der Waals surface area contributed by atoms with Crippen LogP contribution in [0.25, 0.3) is 42.9 Å². The molecule has 2 heterocycles. The van der Waals surface area contributed by atoms with E-state index in [0.29, 0.717) is 5.41 Å². The minimum Gasteiger partial charge on any atom is -0.200 e. The Morgan fingerprint density at radius 1 is 0.800 bits per heavy atom. The van der Waals surface area contributed by atoms with Crippen LogP contribution >= 0.6 is 11.3 Å². The van der Waals surface area contributed by atoms with Crippen LogP contribution in [-0.4, -0.2) is 0 Å². The van der Waals surface area contributed by atoms with Crippen molar-refractivity contribution in [3.63, 3.8) is 0 Å². The van der Waals surface area contributed by atoms with Crippen molar-refractivity contribution in [2.75, 3.05) is 0 Å². The maximum atomic E-state index is 2.52. The maximum absolute atomic E-state index is 2.52. The van der Waals surface area contributed by atoms with Gasteiger partial charge in [-0.15, -0.1) is 11.3 Å². The second-order valence-electron chi connectivity index (χ2n) is 11.7. The fourth-order valence-electron chi connectivity index (χ4n) is 6.31. The Balaban J connectivity index is 1.53. The predicted octanol–water partition coefficient (Wildman–Crippen LogP) is 9.31. The van der Waals surface area contributed by atoms with E-state index in [0.717, 1.165) is 5.92 Å². The third-order valence-corrected chi connectivity index (χ3v) is 9.90. The Bertz CT molecular complexity index is 1610. The van der Waals surface area contributed by atoms with Crippen LogP contribution in [0.1, 0.15) is 67.0 Å². The molecule has 2 aromatic heterocycles. The van der Waals surface area contributed by atoms with Crippen molar-refractivity contribution in [3.05, 3.63) is 76.3 Å². The molecular weight excluding hydrogens is 442 g/mol. The van der Waals surface area contributed by atoms with Gasteiger partial charge in [-0.3, -0.25) is 0 Å². The Morgan fingerprint density at radius 2 is 1.46 bits per heavy atom. The molecule has 35 heavy (non-hydrogen) atoms. The summed E-state index contributed by atoms with van der Waals surface area (Å²) in [6.45, 7) is 11.5. The first-order valence-corrected chi connectivity index (χ1v) is 13.9. The van der Waals surface area contributed by atoms with E-state index in [9.17, 15) is 0 Å². The summed E-state index contributed by atoms with van der Waals surface area (Å²) in [6, 6.07) is 18.9. The molecule has 1 nitrogen and oxygen atoms in total. The van der Waals surface area contributed by atoms with Gasteiger partial charge in [-0.1, -0.05) is 37.6 Å². The minimum atomic E-state index is 0.515. The molecule has 2 heteroatoms.